The van der Waals surface area contributed by atoms with Crippen LogP contribution in [-0.2, 0) is 24.0 Å². The molecule has 0 fully saturated rings. The fourth-order valence-corrected chi connectivity index (χ4v) is 0.507. The Labute approximate surface area is 95.3 Å². The number of carbonyl (C=O) groups excluding carboxylic acids is 2. The molecule has 0 spiro atoms. The van der Waals surface area contributed by atoms with Gasteiger partial charge in [-0.15, -0.1) is 6.58 Å². The summed E-state index contributed by atoms with van der Waals surface area (Å²) in [6.07, 6.45) is 0.658. The van der Waals surface area contributed by atoms with Gasteiger partial charge in [-0.1, -0.05) is 15.1 Å². The topological polar surface area (TPSA) is 84.9 Å². The second-order valence-electron chi connectivity index (χ2n) is 1.94. The molecule has 0 saturated carbocycles. The van der Waals surface area contributed by atoms with Gasteiger partial charge in [-0.3, -0.25) is 4.79 Å². The molecule has 10 heteroatoms. The predicted molar refractivity (Wildman–Crippen MR) is 34.9 cm³/mol. The van der Waals surface area contributed by atoms with Crippen LogP contribution in [0.2, 0.25) is 0 Å². The molecule has 0 radical (unpaired) electrons. The van der Waals surface area contributed by atoms with Gasteiger partial charge in [-0.05, 0) is 0 Å². The van der Waals surface area contributed by atoms with Gasteiger partial charge in [0.2, 0.25) is 0 Å². The van der Waals surface area contributed by atoms with Gasteiger partial charge in [0, 0.05) is 0 Å². The molecule has 0 bridgehead atoms. The third-order valence-electron chi connectivity index (χ3n) is 1.10. The summed E-state index contributed by atoms with van der Waals surface area (Å²) in [5.74, 6) is -5.22. The molecule has 0 aliphatic rings. The molecular weight excluding hydrogens is 212 g/mol. The number of hydrogen-bond donors (Lipinski definition) is 0. The maximum Gasteiger partial charge on any atom is 1.00 e. The Morgan fingerprint density at radius 2 is 1.87 bits per heavy atom. The van der Waals surface area contributed by atoms with Gasteiger partial charge in [0.25, 0.3) is 0 Å². The Bertz CT molecular complexity index is 236. The zero-order valence-electron chi connectivity index (χ0n) is 7.64. The number of carbonyl (C=O) groups is 2. The van der Waals surface area contributed by atoms with E-state index < -0.39 is 25.2 Å². The molecule has 0 aromatic carbocycles. The molecule has 0 N–H and O–H groups in total. The van der Waals surface area contributed by atoms with Crippen molar-refractivity contribution in [1.82, 2.24) is 0 Å². The summed E-state index contributed by atoms with van der Waals surface area (Å²) in [7, 11) is -2.57. The number of aliphatic carboxylic acids is 1. The average molecular weight is 216 g/mol. The molecule has 1 atom stereocenters. The van der Waals surface area contributed by atoms with Crippen LogP contribution >= 0.6 is 0 Å². The van der Waals surface area contributed by atoms with Crippen molar-refractivity contribution in [2.45, 2.75) is 0 Å². The third-order valence-corrected chi connectivity index (χ3v) is 1.10. The molecule has 0 aliphatic heterocycles. The van der Waals surface area contributed by atoms with E-state index in [1.807, 2.05) is 0 Å². The summed E-state index contributed by atoms with van der Waals surface area (Å²) < 4.78 is 26.2. The maximum atomic E-state index is 11.3. The van der Waals surface area contributed by atoms with E-state index in [4.69, 9.17) is 0 Å². The summed E-state index contributed by atoms with van der Waals surface area (Å²) >= 11 is 0. The Morgan fingerprint density at radius 3 is 2.13 bits per heavy atom. The monoisotopic (exact) mass is 216 g/mol. The zero-order valence-corrected chi connectivity index (χ0v) is 7.64. The number of carboxylic acids is 1. The Balaban J connectivity index is 0. The molecule has 15 heavy (non-hydrogen) atoms. The predicted octanol–water partition coefficient (Wildman–Crippen LogP) is -4.13. The van der Waals surface area contributed by atoms with E-state index in [1.54, 1.807) is 0 Å². The average Bonchev–Trinajstić information content (AvgIpc) is 2.14. The number of halogens is 2. The molecule has 6 nitrogen and oxygen atoms in total. The van der Waals surface area contributed by atoms with Crippen LogP contribution in [0.25, 0.3) is 0 Å². The maximum absolute atomic E-state index is 11.3. The van der Waals surface area contributed by atoms with Crippen molar-refractivity contribution >= 4 is 19.3 Å². The number of rotatable bonds is 6. The van der Waals surface area contributed by atoms with Crippen LogP contribution in [-0.4, -0.2) is 19.3 Å². The van der Waals surface area contributed by atoms with Crippen LogP contribution in [0.5, 0.6) is 0 Å². The minimum atomic E-state index is -2.57. The van der Waals surface area contributed by atoms with Gasteiger partial charge in [0.15, 0.2) is 0 Å². The minimum Gasteiger partial charge on any atom is -0.549 e. The minimum absolute atomic E-state index is 0. The van der Waals surface area contributed by atoms with Gasteiger partial charge >= 0.3 is 32.2 Å². The first-order valence-corrected chi connectivity index (χ1v) is 3.15. The molecule has 0 amide bonds. The van der Waals surface area contributed by atoms with E-state index in [-0.39, 0.29) is 18.9 Å². The fourth-order valence-electron chi connectivity index (χ4n) is 0.507. The van der Waals surface area contributed by atoms with E-state index >= 15 is 0 Å². The summed E-state index contributed by atoms with van der Waals surface area (Å²) in [5, 5.41) is 10.2. The van der Waals surface area contributed by atoms with Crippen molar-refractivity contribution in [3.63, 3.8) is 0 Å². The van der Waals surface area contributed by atoms with E-state index in [9.17, 15) is 23.7 Å². The first-order chi connectivity index (χ1) is 6.56. The summed E-state index contributed by atoms with van der Waals surface area (Å²) in [6.45, 7) is 2.97. The summed E-state index contributed by atoms with van der Waals surface area (Å²) in [4.78, 5) is 26.2. The Morgan fingerprint density at radius 1 is 1.40 bits per heavy atom. The van der Waals surface area contributed by atoms with Crippen LogP contribution in [0.15, 0.2) is 12.7 Å². The largest absolute Gasteiger partial charge is 1.00 e. The first-order valence-electron chi connectivity index (χ1n) is 3.15. The van der Waals surface area contributed by atoms with Crippen LogP contribution in [0.1, 0.15) is 0 Å². The van der Waals surface area contributed by atoms with Crippen LogP contribution in [0, 0.1) is 5.92 Å². The van der Waals surface area contributed by atoms with Crippen LogP contribution in [0.3, 0.4) is 0 Å². The first kappa shape index (κ1) is 16.5. The van der Waals surface area contributed by atoms with Gasteiger partial charge in [0.1, 0.15) is 5.92 Å². The van der Waals surface area contributed by atoms with Crippen molar-refractivity contribution in [2.24, 2.45) is 5.92 Å². The van der Waals surface area contributed by atoms with Gasteiger partial charge in [-0.2, -0.15) is 9.72 Å². The molecule has 0 heterocycles. The SMILES string of the molecule is C=CC(C(=O)[O-])C(=O)OB(OF)OF.[Li+]. The Kier molecular flexibility index (Phi) is 9.30. The zero-order chi connectivity index (χ0) is 11.1. The van der Waals surface area contributed by atoms with Crippen LogP contribution in [0.4, 0.5) is 9.05 Å². The van der Waals surface area contributed by atoms with Crippen molar-refractivity contribution in [2.75, 3.05) is 0 Å². The second kappa shape index (κ2) is 8.43. The van der Waals surface area contributed by atoms with Crippen LogP contribution < -0.4 is 24.0 Å². The van der Waals surface area contributed by atoms with Gasteiger partial charge in [-0.25, -0.2) is 0 Å². The number of hydrogen-bond acceptors (Lipinski definition) is 6. The summed E-state index contributed by atoms with van der Waals surface area (Å²) in [5.41, 5.74) is 0. The van der Waals surface area contributed by atoms with Gasteiger partial charge < -0.3 is 14.6 Å². The molecular formula is C5H4BF2LiO6. The molecule has 0 aliphatic carbocycles. The molecule has 0 aromatic rings. The molecule has 0 saturated heterocycles. The molecule has 1 unspecified atom stereocenters. The molecule has 0 rings (SSSR count). The van der Waals surface area contributed by atoms with E-state index in [0.717, 1.165) is 0 Å². The second-order valence-corrected chi connectivity index (χ2v) is 1.94. The van der Waals surface area contributed by atoms with Crippen molar-refractivity contribution in [1.29, 1.82) is 0 Å². The standard InChI is InChI=1S/C5H5BF2O6.Li/c1-2-3(4(9)10)5(11)12-6(13-7)14-8;/h2-3H,1H2,(H,9,10);/q;+1/p-1. The normalized spacial score (nSPS) is 10.8. The summed E-state index contributed by atoms with van der Waals surface area (Å²) in [6, 6.07) is 0. The molecule has 0 aromatic heterocycles. The van der Waals surface area contributed by atoms with E-state index in [0.29, 0.717) is 6.08 Å². The Hall–Kier alpha value is -0.878. The van der Waals surface area contributed by atoms with Crippen molar-refractivity contribution in [3.8, 4) is 0 Å². The quantitative estimate of drug-likeness (QED) is 0.254. The number of carboxylic acid groups (broad SMARTS) is 1. The van der Waals surface area contributed by atoms with Crippen molar-refractivity contribution < 1.29 is 57.0 Å². The fraction of sp³-hybridized carbons (Fsp3) is 0.200. The van der Waals surface area contributed by atoms with Gasteiger partial charge in [0.05, 0.1) is 5.97 Å². The van der Waals surface area contributed by atoms with E-state index in [2.05, 4.69) is 21.0 Å². The molecule has 78 valence electrons. The third kappa shape index (κ3) is 5.54. The van der Waals surface area contributed by atoms with Crippen molar-refractivity contribution in [3.05, 3.63) is 12.7 Å². The van der Waals surface area contributed by atoms with E-state index in [1.165, 1.54) is 0 Å². The smallest absolute Gasteiger partial charge is 0.549 e.